The third-order valence-electron chi connectivity index (χ3n) is 1.78. The highest BCUT2D eigenvalue weighted by atomic mass is 79.9. The molecular formula is C8H6BrClN2. The first-order chi connectivity index (χ1) is 5.68. The van der Waals surface area contributed by atoms with E-state index in [1.54, 1.807) is 4.68 Å². The van der Waals surface area contributed by atoms with E-state index in [2.05, 4.69) is 21.0 Å². The van der Waals surface area contributed by atoms with Crippen LogP contribution in [-0.4, -0.2) is 9.78 Å². The van der Waals surface area contributed by atoms with Crippen LogP contribution in [0.5, 0.6) is 0 Å². The smallest absolute Gasteiger partial charge is 0.0705 e. The number of hydrogen-bond donors (Lipinski definition) is 0. The van der Waals surface area contributed by atoms with Crippen molar-refractivity contribution >= 4 is 38.4 Å². The second-order valence-corrected chi connectivity index (χ2v) is 3.88. The van der Waals surface area contributed by atoms with Crippen molar-refractivity contribution in [3.63, 3.8) is 0 Å². The molecule has 0 aliphatic carbocycles. The highest BCUT2D eigenvalue weighted by Crippen LogP contribution is 2.27. The second kappa shape index (κ2) is 2.75. The molecule has 0 N–H and O–H groups in total. The molecule has 1 aromatic heterocycles. The van der Waals surface area contributed by atoms with E-state index < -0.39 is 0 Å². The normalized spacial score (nSPS) is 10.9. The molecule has 0 radical (unpaired) electrons. The SMILES string of the molecule is Cn1ncc2c(Br)cc(Cl)cc21. The Morgan fingerprint density at radius 3 is 3.00 bits per heavy atom. The summed E-state index contributed by atoms with van der Waals surface area (Å²) >= 11 is 9.30. The summed E-state index contributed by atoms with van der Waals surface area (Å²) in [6, 6.07) is 3.76. The van der Waals surface area contributed by atoms with Gasteiger partial charge < -0.3 is 0 Å². The molecule has 62 valence electrons. The molecule has 1 heterocycles. The van der Waals surface area contributed by atoms with Gasteiger partial charge in [0.05, 0.1) is 11.7 Å². The molecule has 0 aliphatic rings. The van der Waals surface area contributed by atoms with Crippen molar-refractivity contribution in [1.82, 2.24) is 9.78 Å². The predicted octanol–water partition coefficient (Wildman–Crippen LogP) is 2.99. The molecule has 0 aliphatic heterocycles. The van der Waals surface area contributed by atoms with Gasteiger partial charge in [-0.15, -0.1) is 0 Å². The van der Waals surface area contributed by atoms with E-state index in [0.29, 0.717) is 0 Å². The lowest BCUT2D eigenvalue weighted by Crippen LogP contribution is -1.88. The van der Waals surface area contributed by atoms with Crippen molar-refractivity contribution in [1.29, 1.82) is 0 Å². The maximum absolute atomic E-state index is 5.88. The Labute approximate surface area is 83.3 Å². The third-order valence-corrected chi connectivity index (χ3v) is 2.66. The molecule has 0 unspecified atom stereocenters. The van der Waals surface area contributed by atoms with Crippen LogP contribution in [0.3, 0.4) is 0 Å². The van der Waals surface area contributed by atoms with Crippen LogP contribution >= 0.6 is 27.5 Å². The largest absolute Gasteiger partial charge is 0.268 e. The molecule has 1 aromatic carbocycles. The summed E-state index contributed by atoms with van der Waals surface area (Å²) in [5.41, 5.74) is 1.04. The van der Waals surface area contributed by atoms with Gasteiger partial charge in [0.25, 0.3) is 0 Å². The van der Waals surface area contributed by atoms with E-state index in [9.17, 15) is 0 Å². The Morgan fingerprint density at radius 2 is 2.25 bits per heavy atom. The molecule has 2 rings (SSSR count). The predicted molar refractivity (Wildman–Crippen MR) is 53.4 cm³/mol. The fourth-order valence-electron chi connectivity index (χ4n) is 1.17. The molecule has 0 atom stereocenters. The van der Waals surface area contributed by atoms with E-state index in [0.717, 1.165) is 20.4 Å². The number of aryl methyl sites for hydroxylation is 1. The Balaban J connectivity index is 2.92. The number of nitrogens with zero attached hydrogens (tertiary/aromatic N) is 2. The van der Waals surface area contributed by atoms with E-state index in [1.807, 2.05) is 25.4 Å². The van der Waals surface area contributed by atoms with Crippen molar-refractivity contribution in [3.8, 4) is 0 Å². The third kappa shape index (κ3) is 1.13. The summed E-state index contributed by atoms with van der Waals surface area (Å²) in [6.45, 7) is 0. The number of aromatic nitrogens is 2. The van der Waals surface area contributed by atoms with Gasteiger partial charge in [-0.1, -0.05) is 11.6 Å². The van der Waals surface area contributed by atoms with Gasteiger partial charge in [-0.3, -0.25) is 4.68 Å². The van der Waals surface area contributed by atoms with Gasteiger partial charge in [0.1, 0.15) is 0 Å². The Hall–Kier alpha value is -0.540. The fraction of sp³-hybridized carbons (Fsp3) is 0.125. The van der Waals surface area contributed by atoms with E-state index in [4.69, 9.17) is 11.6 Å². The number of fused-ring (bicyclic) bond motifs is 1. The van der Waals surface area contributed by atoms with Crippen molar-refractivity contribution in [2.24, 2.45) is 7.05 Å². The van der Waals surface area contributed by atoms with E-state index in [1.165, 1.54) is 0 Å². The average molecular weight is 246 g/mol. The minimum atomic E-state index is 0.720. The second-order valence-electron chi connectivity index (χ2n) is 2.59. The fourth-order valence-corrected chi connectivity index (χ4v) is 2.07. The summed E-state index contributed by atoms with van der Waals surface area (Å²) in [5, 5.41) is 5.93. The summed E-state index contributed by atoms with van der Waals surface area (Å²) < 4.78 is 2.78. The zero-order valence-corrected chi connectivity index (χ0v) is 8.72. The molecule has 0 bridgehead atoms. The molecule has 0 spiro atoms. The lowest BCUT2D eigenvalue weighted by Gasteiger charge is -1.96. The van der Waals surface area contributed by atoms with E-state index in [-0.39, 0.29) is 0 Å². The van der Waals surface area contributed by atoms with Crippen LogP contribution in [0.2, 0.25) is 5.02 Å². The molecular weight excluding hydrogens is 239 g/mol. The zero-order chi connectivity index (χ0) is 8.72. The van der Waals surface area contributed by atoms with Crippen LogP contribution in [0.4, 0.5) is 0 Å². The topological polar surface area (TPSA) is 17.8 Å². The van der Waals surface area contributed by atoms with Gasteiger partial charge in [0.15, 0.2) is 0 Å². The molecule has 12 heavy (non-hydrogen) atoms. The summed E-state index contributed by atoms with van der Waals surface area (Å²) in [7, 11) is 1.89. The molecule has 0 saturated carbocycles. The lowest BCUT2D eigenvalue weighted by atomic mass is 10.2. The first kappa shape index (κ1) is 8.08. The number of benzene rings is 1. The van der Waals surface area contributed by atoms with Crippen LogP contribution < -0.4 is 0 Å². The number of halogens is 2. The molecule has 0 saturated heterocycles. The van der Waals surface area contributed by atoms with Crippen LogP contribution in [-0.2, 0) is 7.05 Å². The molecule has 2 aromatic rings. The minimum absolute atomic E-state index is 0.720. The summed E-state index contributed by atoms with van der Waals surface area (Å²) in [4.78, 5) is 0. The van der Waals surface area contributed by atoms with Crippen LogP contribution in [0.25, 0.3) is 10.9 Å². The van der Waals surface area contributed by atoms with E-state index >= 15 is 0 Å². The number of rotatable bonds is 0. The first-order valence-corrected chi connectivity index (χ1v) is 4.62. The quantitative estimate of drug-likeness (QED) is 0.698. The maximum Gasteiger partial charge on any atom is 0.0705 e. The van der Waals surface area contributed by atoms with Gasteiger partial charge in [-0.2, -0.15) is 5.10 Å². The van der Waals surface area contributed by atoms with Gasteiger partial charge in [0, 0.05) is 21.9 Å². The van der Waals surface area contributed by atoms with Gasteiger partial charge >= 0.3 is 0 Å². The van der Waals surface area contributed by atoms with Crippen LogP contribution in [0.15, 0.2) is 22.8 Å². The van der Waals surface area contributed by atoms with Gasteiger partial charge in [-0.25, -0.2) is 0 Å². The van der Waals surface area contributed by atoms with Crippen molar-refractivity contribution in [2.45, 2.75) is 0 Å². The Bertz CT molecular complexity index is 436. The zero-order valence-electron chi connectivity index (χ0n) is 6.38. The highest BCUT2D eigenvalue weighted by Gasteiger charge is 2.04. The Morgan fingerprint density at radius 1 is 1.50 bits per heavy atom. The Kier molecular flexibility index (Phi) is 1.85. The lowest BCUT2D eigenvalue weighted by molar-refractivity contribution is 0.797. The van der Waals surface area contributed by atoms with Crippen molar-refractivity contribution in [3.05, 3.63) is 27.8 Å². The first-order valence-electron chi connectivity index (χ1n) is 3.45. The summed E-state index contributed by atoms with van der Waals surface area (Å²) in [5.74, 6) is 0. The van der Waals surface area contributed by atoms with Gasteiger partial charge in [-0.05, 0) is 28.1 Å². The van der Waals surface area contributed by atoms with Crippen LogP contribution in [0, 0.1) is 0 Å². The van der Waals surface area contributed by atoms with Crippen molar-refractivity contribution in [2.75, 3.05) is 0 Å². The molecule has 0 fully saturated rings. The molecule has 4 heteroatoms. The van der Waals surface area contributed by atoms with Crippen LogP contribution in [0.1, 0.15) is 0 Å². The minimum Gasteiger partial charge on any atom is -0.268 e. The summed E-state index contributed by atoms with van der Waals surface area (Å²) in [6.07, 6.45) is 1.82. The average Bonchev–Trinajstić information content (AvgIpc) is 2.33. The standard InChI is InChI=1S/C8H6BrClN2/c1-12-8-3-5(10)2-7(9)6(8)4-11-12/h2-4H,1H3. The highest BCUT2D eigenvalue weighted by molar-refractivity contribution is 9.10. The maximum atomic E-state index is 5.88. The van der Waals surface area contributed by atoms with Crippen molar-refractivity contribution < 1.29 is 0 Å². The molecule has 2 nitrogen and oxygen atoms in total. The number of hydrogen-bond acceptors (Lipinski definition) is 1. The van der Waals surface area contributed by atoms with Gasteiger partial charge in [0.2, 0.25) is 0 Å². The molecule has 0 amide bonds. The monoisotopic (exact) mass is 244 g/mol.